The van der Waals surface area contributed by atoms with Crippen LogP contribution in [0.2, 0.25) is 0 Å². The summed E-state index contributed by atoms with van der Waals surface area (Å²) in [7, 11) is 0. The normalized spacial score (nSPS) is 34.1. The molecule has 3 heteroatoms. The van der Waals surface area contributed by atoms with E-state index < -0.39 is 0 Å². The van der Waals surface area contributed by atoms with E-state index in [1.807, 2.05) is 11.8 Å². The molecule has 16 heavy (non-hydrogen) atoms. The molecule has 0 amide bonds. The molecule has 2 rings (SSSR count). The molecule has 0 radical (unpaired) electrons. The van der Waals surface area contributed by atoms with Gasteiger partial charge >= 0.3 is 0 Å². The van der Waals surface area contributed by atoms with Crippen molar-refractivity contribution in [3.63, 3.8) is 0 Å². The van der Waals surface area contributed by atoms with Crippen molar-refractivity contribution in [2.45, 2.75) is 49.8 Å². The fourth-order valence-corrected chi connectivity index (χ4v) is 3.72. The van der Waals surface area contributed by atoms with Gasteiger partial charge in [0.05, 0.1) is 0 Å². The molecule has 2 atom stereocenters. The summed E-state index contributed by atoms with van der Waals surface area (Å²) in [5.74, 6) is 0.928. The van der Waals surface area contributed by atoms with Gasteiger partial charge in [-0.05, 0) is 44.3 Å². The zero-order valence-electron chi connectivity index (χ0n) is 10.6. The van der Waals surface area contributed by atoms with Gasteiger partial charge in [0.2, 0.25) is 0 Å². The maximum absolute atomic E-state index is 5.47. The molecule has 94 valence electrons. The Kier molecular flexibility index (Phi) is 4.57. The van der Waals surface area contributed by atoms with E-state index in [0.717, 1.165) is 25.2 Å². The van der Waals surface area contributed by atoms with Crippen molar-refractivity contribution < 1.29 is 4.74 Å². The van der Waals surface area contributed by atoms with Gasteiger partial charge in [0, 0.05) is 30.5 Å². The number of hydrogen-bond acceptors (Lipinski definition) is 3. The lowest BCUT2D eigenvalue weighted by atomic mass is 9.98. The molecule has 1 heterocycles. The van der Waals surface area contributed by atoms with Crippen LogP contribution < -0.4 is 5.32 Å². The largest absolute Gasteiger partial charge is 0.381 e. The fraction of sp³-hybridized carbons (Fsp3) is 1.00. The Hall–Kier alpha value is 0.270. The Morgan fingerprint density at radius 3 is 2.62 bits per heavy atom. The molecular weight excluding hydrogens is 218 g/mol. The molecular formula is C13H25NOS. The van der Waals surface area contributed by atoms with Gasteiger partial charge in [0.15, 0.2) is 0 Å². The van der Waals surface area contributed by atoms with Gasteiger partial charge < -0.3 is 10.1 Å². The third-order valence-corrected chi connectivity index (χ3v) is 5.66. The van der Waals surface area contributed by atoms with Crippen LogP contribution in [0.15, 0.2) is 0 Å². The van der Waals surface area contributed by atoms with Crippen molar-refractivity contribution >= 4 is 11.8 Å². The highest BCUT2D eigenvalue weighted by molar-refractivity contribution is 8.00. The minimum Gasteiger partial charge on any atom is -0.381 e. The van der Waals surface area contributed by atoms with E-state index in [9.17, 15) is 0 Å². The Balaban J connectivity index is 1.78. The van der Waals surface area contributed by atoms with Gasteiger partial charge in [0.25, 0.3) is 0 Å². The van der Waals surface area contributed by atoms with Crippen LogP contribution in [0.1, 0.15) is 39.0 Å². The Bertz CT molecular complexity index is 216. The third kappa shape index (κ3) is 3.14. The molecule has 2 nitrogen and oxygen atoms in total. The van der Waals surface area contributed by atoms with Gasteiger partial charge in [0.1, 0.15) is 0 Å². The van der Waals surface area contributed by atoms with Crippen LogP contribution in [0, 0.1) is 5.92 Å². The second-order valence-electron chi connectivity index (χ2n) is 5.50. The van der Waals surface area contributed by atoms with Crippen molar-refractivity contribution in [3.05, 3.63) is 0 Å². The molecule has 0 aromatic heterocycles. The standard InChI is InChI=1S/C13H25NOS/c1-11-3-4-12(9-11)14-10-13(16-2)5-7-15-8-6-13/h11-12,14H,3-10H2,1-2H3. The van der Waals surface area contributed by atoms with Gasteiger partial charge in [-0.15, -0.1) is 0 Å². The first-order valence-corrected chi connectivity index (χ1v) is 7.83. The van der Waals surface area contributed by atoms with E-state index >= 15 is 0 Å². The maximum atomic E-state index is 5.47. The van der Waals surface area contributed by atoms with Gasteiger partial charge in [-0.2, -0.15) is 11.8 Å². The third-order valence-electron chi connectivity index (χ3n) is 4.24. The molecule has 1 N–H and O–H groups in total. The lowest BCUT2D eigenvalue weighted by Gasteiger charge is -2.36. The first kappa shape index (κ1) is 12.7. The summed E-state index contributed by atoms with van der Waals surface area (Å²) in [5, 5.41) is 3.80. The smallest absolute Gasteiger partial charge is 0.0479 e. The van der Waals surface area contributed by atoms with Crippen LogP contribution >= 0.6 is 11.8 Å². The van der Waals surface area contributed by atoms with E-state index in [2.05, 4.69) is 18.5 Å². The Morgan fingerprint density at radius 1 is 1.31 bits per heavy atom. The minimum atomic E-state index is 0.448. The molecule has 0 bridgehead atoms. The fourth-order valence-electron chi connectivity index (χ4n) is 2.92. The summed E-state index contributed by atoms with van der Waals surface area (Å²) in [6.07, 6.45) is 8.84. The molecule has 2 fully saturated rings. The van der Waals surface area contributed by atoms with Crippen LogP contribution in [0.3, 0.4) is 0 Å². The Labute approximate surface area is 104 Å². The average molecular weight is 243 g/mol. The Morgan fingerprint density at radius 2 is 2.06 bits per heavy atom. The minimum absolute atomic E-state index is 0.448. The van der Waals surface area contributed by atoms with Crippen molar-refractivity contribution in [2.75, 3.05) is 26.0 Å². The summed E-state index contributed by atoms with van der Waals surface area (Å²) in [4.78, 5) is 0. The monoisotopic (exact) mass is 243 g/mol. The first-order valence-electron chi connectivity index (χ1n) is 6.60. The highest BCUT2D eigenvalue weighted by atomic mass is 32.2. The van der Waals surface area contributed by atoms with Crippen LogP contribution in [0.5, 0.6) is 0 Å². The highest BCUT2D eigenvalue weighted by Gasteiger charge is 2.32. The molecule has 2 aliphatic rings. The van der Waals surface area contributed by atoms with Crippen molar-refractivity contribution in [2.24, 2.45) is 5.92 Å². The number of ether oxygens (including phenoxy) is 1. The molecule has 1 saturated carbocycles. The van der Waals surface area contributed by atoms with Crippen LogP contribution in [-0.4, -0.2) is 36.8 Å². The van der Waals surface area contributed by atoms with Gasteiger partial charge in [-0.3, -0.25) is 0 Å². The molecule has 1 aliphatic heterocycles. The van der Waals surface area contributed by atoms with E-state index in [-0.39, 0.29) is 0 Å². The second kappa shape index (κ2) is 5.74. The lowest BCUT2D eigenvalue weighted by Crippen LogP contribution is -2.45. The van der Waals surface area contributed by atoms with Crippen molar-refractivity contribution in [1.29, 1.82) is 0 Å². The zero-order chi connectivity index (χ0) is 11.4. The van der Waals surface area contributed by atoms with Crippen molar-refractivity contribution in [3.8, 4) is 0 Å². The molecule has 1 saturated heterocycles. The van der Waals surface area contributed by atoms with E-state index in [0.29, 0.717) is 4.75 Å². The number of nitrogens with one attached hydrogen (secondary N) is 1. The number of thioether (sulfide) groups is 1. The van der Waals surface area contributed by atoms with Crippen LogP contribution in [0.25, 0.3) is 0 Å². The predicted octanol–water partition coefficient (Wildman–Crippen LogP) is 2.68. The van der Waals surface area contributed by atoms with E-state index in [1.54, 1.807) is 0 Å². The topological polar surface area (TPSA) is 21.3 Å². The molecule has 1 aliphatic carbocycles. The summed E-state index contributed by atoms with van der Waals surface area (Å²) < 4.78 is 5.92. The second-order valence-corrected chi connectivity index (χ2v) is 6.77. The zero-order valence-corrected chi connectivity index (χ0v) is 11.4. The molecule has 0 spiro atoms. The summed E-state index contributed by atoms with van der Waals surface area (Å²) in [6.45, 7) is 5.45. The van der Waals surface area contributed by atoms with E-state index in [4.69, 9.17) is 4.74 Å². The van der Waals surface area contributed by atoms with Crippen LogP contribution in [0.4, 0.5) is 0 Å². The molecule has 0 aromatic carbocycles. The SMILES string of the molecule is CSC1(CNC2CCC(C)C2)CCOCC1. The summed E-state index contributed by atoms with van der Waals surface area (Å²) in [5.41, 5.74) is 0. The highest BCUT2D eigenvalue weighted by Crippen LogP contribution is 2.34. The summed E-state index contributed by atoms with van der Waals surface area (Å²) in [6, 6.07) is 0.780. The van der Waals surface area contributed by atoms with Gasteiger partial charge in [-0.25, -0.2) is 0 Å². The number of hydrogen-bond donors (Lipinski definition) is 1. The van der Waals surface area contributed by atoms with Crippen LogP contribution in [-0.2, 0) is 4.74 Å². The lowest BCUT2D eigenvalue weighted by molar-refractivity contribution is 0.0765. The quantitative estimate of drug-likeness (QED) is 0.820. The van der Waals surface area contributed by atoms with Crippen molar-refractivity contribution in [1.82, 2.24) is 5.32 Å². The maximum Gasteiger partial charge on any atom is 0.0479 e. The molecule has 2 unspecified atom stereocenters. The number of rotatable bonds is 4. The van der Waals surface area contributed by atoms with Gasteiger partial charge in [-0.1, -0.05) is 6.92 Å². The predicted molar refractivity (Wildman–Crippen MR) is 71.1 cm³/mol. The average Bonchev–Trinajstić information content (AvgIpc) is 2.74. The van der Waals surface area contributed by atoms with E-state index in [1.165, 1.54) is 38.6 Å². The molecule has 0 aromatic rings. The summed E-state index contributed by atoms with van der Waals surface area (Å²) >= 11 is 2.03. The first-order chi connectivity index (χ1) is 7.74.